The minimum Gasteiger partial charge on any atom is -0.308 e. The lowest BCUT2D eigenvalue weighted by Gasteiger charge is -2.16. The summed E-state index contributed by atoms with van der Waals surface area (Å²) >= 11 is 1.54. The molecular formula is C11H14N4O2S2. The molecule has 2 heterocycles. The van der Waals surface area contributed by atoms with E-state index in [9.17, 15) is 8.42 Å². The smallest absolute Gasteiger partial charge is 0.244 e. The predicted octanol–water partition coefficient (Wildman–Crippen LogP) is 1.25. The van der Waals surface area contributed by atoms with E-state index in [4.69, 9.17) is 5.84 Å². The van der Waals surface area contributed by atoms with Crippen LogP contribution < -0.4 is 11.3 Å². The van der Waals surface area contributed by atoms with Gasteiger partial charge in [0, 0.05) is 19.8 Å². The van der Waals surface area contributed by atoms with Crippen molar-refractivity contribution in [1.82, 2.24) is 9.29 Å². The molecule has 6 nitrogen and oxygen atoms in total. The fourth-order valence-electron chi connectivity index (χ4n) is 1.52. The van der Waals surface area contributed by atoms with Crippen molar-refractivity contribution in [3.63, 3.8) is 0 Å². The summed E-state index contributed by atoms with van der Waals surface area (Å²) in [7, 11) is -1.99. The van der Waals surface area contributed by atoms with Crippen molar-refractivity contribution >= 4 is 27.2 Å². The SMILES string of the molecule is CN(Cc1ccsc1)S(=O)(=O)c1ccc(NN)nc1. The molecule has 0 aliphatic carbocycles. The van der Waals surface area contributed by atoms with Crippen LogP contribution in [0.3, 0.4) is 0 Å². The number of nitrogens with two attached hydrogens (primary N) is 1. The number of nitrogens with zero attached hydrogens (tertiary/aromatic N) is 2. The molecule has 2 aromatic rings. The van der Waals surface area contributed by atoms with Crippen LogP contribution in [-0.2, 0) is 16.6 Å². The van der Waals surface area contributed by atoms with E-state index in [0.29, 0.717) is 12.4 Å². The molecule has 2 aromatic heterocycles. The van der Waals surface area contributed by atoms with Crippen LogP contribution in [0.15, 0.2) is 40.1 Å². The maximum Gasteiger partial charge on any atom is 0.244 e. The van der Waals surface area contributed by atoms with Gasteiger partial charge in [0.1, 0.15) is 10.7 Å². The highest BCUT2D eigenvalue weighted by molar-refractivity contribution is 7.89. The van der Waals surface area contributed by atoms with Crippen molar-refractivity contribution in [2.45, 2.75) is 11.4 Å². The molecule has 0 unspecified atom stereocenters. The summed E-state index contributed by atoms with van der Waals surface area (Å²) < 4.78 is 25.9. The fourth-order valence-corrected chi connectivity index (χ4v) is 3.29. The van der Waals surface area contributed by atoms with E-state index in [1.165, 1.54) is 34.0 Å². The average molecular weight is 298 g/mol. The van der Waals surface area contributed by atoms with Gasteiger partial charge in [0.05, 0.1) is 0 Å². The van der Waals surface area contributed by atoms with Crippen LogP contribution >= 0.6 is 11.3 Å². The molecule has 3 N–H and O–H groups in total. The summed E-state index contributed by atoms with van der Waals surface area (Å²) in [6, 6.07) is 4.89. The Morgan fingerprint density at radius 1 is 1.42 bits per heavy atom. The van der Waals surface area contributed by atoms with Gasteiger partial charge in [-0.15, -0.1) is 0 Å². The number of thiophene rings is 1. The Labute approximate surface area is 115 Å². The highest BCUT2D eigenvalue weighted by Gasteiger charge is 2.21. The second-order valence-corrected chi connectivity index (χ2v) is 6.74. The van der Waals surface area contributed by atoms with Crippen molar-refractivity contribution in [3.05, 3.63) is 40.7 Å². The standard InChI is InChI=1S/C11H14N4O2S2/c1-15(7-9-4-5-18-8-9)19(16,17)10-2-3-11(14-12)13-6-10/h2-6,8H,7,12H2,1H3,(H,13,14). The Kier molecular flexibility index (Phi) is 4.15. The summed E-state index contributed by atoms with van der Waals surface area (Å²) in [5.41, 5.74) is 3.32. The number of hydrogen-bond acceptors (Lipinski definition) is 6. The highest BCUT2D eigenvalue weighted by atomic mass is 32.2. The lowest BCUT2D eigenvalue weighted by molar-refractivity contribution is 0.467. The van der Waals surface area contributed by atoms with Crippen molar-refractivity contribution < 1.29 is 8.42 Å². The third-order valence-electron chi connectivity index (χ3n) is 2.58. The monoisotopic (exact) mass is 298 g/mol. The van der Waals surface area contributed by atoms with Crippen LogP contribution in [0.5, 0.6) is 0 Å². The molecule has 0 amide bonds. The van der Waals surface area contributed by atoms with Crippen molar-refractivity contribution in [3.8, 4) is 0 Å². The van der Waals surface area contributed by atoms with Gasteiger partial charge in [0.15, 0.2) is 0 Å². The summed E-state index contributed by atoms with van der Waals surface area (Å²) in [5.74, 6) is 5.60. The maximum atomic E-state index is 12.3. The van der Waals surface area contributed by atoms with Crippen LogP contribution in [-0.4, -0.2) is 24.8 Å². The zero-order valence-electron chi connectivity index (χ0n) is 10.3. The van der Waals surface area contributed by atoms with Crippen LogP contribution in [0.4, 0.5) is 5.82 Å². The van der Waals surface area contributed by atoms with Gasteiger partial charge >= 0.3 is 0 Å². The molecule has 0 aromatic carbocycles. The van der Waals surface area contributed by atoms with Crippen LogP contribution in [0.25, 0.3) is 0 Å². The quantitative estimate of drug-likeness (QED) is 0.640. The molecule has 0 spiro atoms. The van der Waals surface area contributed by atoms with Gasteiger partial charge in [-0.3, -0.25) is 0 Å². The zero-order valence-corrected chi connectivity index (χ0v) is 11.9. The minimum absolute atomic E-state index is 0.143. The lowest BCUT2D eigenvalue weighted by Crippen LogP contribution is -2.26. The number of nitrogens with one attached hydrogen (secondary N) is 1. The first-order chi connectivity index (χ1) is 9.04. The van der Waals surface area contributed by atoms with Gasteiger partial charge < -0.3 is 5.43 Å². The van der Waals surface area contributed by atoms with Gasteiger partial charge in [0.2, 0.25) is 10.0 Å². The number of hydrazine groups is 1. The van der Waals surface area contributed by atoms with E-state index in [0.717, 1.165) is 5.56 Å². The zero-order chi connectivity index (χ0) is 13.9. The molecule has 0 atom stereocenters. The number of rotatable bonds is 5. The number of pyridine rings is 1. The molecule has 0 aliphatic heterocycles. The first-order valence-electron chi connectivity index (χ1n) is 5.44. The topological polar surface area (TPSA) is 88.3 Å². The molecule has 102 valence electrons. The molecular weight excluding hydrogens is 284 g/mol. The molecule has 0 saturated carbocycles. The maximum absolute atomic E-state index is 12.3. The molecule has 0 aliphatic rings. The van der Waals surface area contributed by atoms with Gasteiger partial charge in [-0.1, -0.05) is 0 Å². The van der Waals surface area contributed by atoms with E-state index in [-0.39, 0.29) is 4.90 Å². The first-order valence-corrected chi connectivity index (χ1v) is 7.82. The molecule has 2 rings (SSSR count). The number of nitrogen functional groups attached to an aromatic ring is 1. The molecule has 0 bridgehead atoms. The predicted molar refractivity (Wildman–Crippen MR) is 75.0 cm³/mol. The number of anilines is 1. The van der Waals surface area contributed by atoms with Gasteiger partial charge in [0.25, 0.3) is 0 Å². The number of sulfonamides is 1. The number of aromatic nitrogens is 1. The Morgan fingerprint density at radius 3 is 2.74 bits per heavy atom. The molecule has 19 heavy (non-hydrogen) atoms. The molecule has 0 radical (unpaired) electrons. The van der Waals surface area contributed by atoms with Crippen molar-refractivity contribution in [1.29, 1.82) is 0 Å². The van der Waals surface area contributed by atoms with E-state index in [2.05, 4.69) is 10.4 Å². The fraction of sp³-hybridized carbons (Fsp3) is 0.182. The molecule has 8 heteroatoms. The Balaban J connectivity index is 2.20. The summed E-state index contributed by atoms with van der Waals surface area (Å²) in [4.78, 5) is 4.05. The summed E-state index contributed by atoms with van der Waals surface area (Å²) in [6.07, 6.45) is 1.29. The summed E-state index contributed by atoms with van der Waals surface area (Å²) in [5, 5.41) is 3.84. The van der Waals surface area contributed by atoms with Crippen LogP contribution in [0.2, 0.25) is 0 Å². The first kappa shape index (κ1) is 13.9. The highest BCUT2D eigenvalue weighted by Crippen LogP contribution is 2.18. The van der Waals surface area contributed by atoms with Gasteiger partial charge in [-0.2, -0.15) is 15.6 Å². The van der Waals surface area contributed by atoms with E-state index in [1.54, 1.807) is 7.05 Å². The van der Waals surface area contributed by atoms with E-state index < -0.39 is 10.0 Å². The average Bonchev–Trinajstić information content (AvgIpc) is 2.91. The summed E-state index contributed by atoms with van der Waals surface area (Å²) in [6.45, 7) is 0.336. The second kappa shape index (κ2) is 5.66. The second-order valence-electron chi connectivity index (χ2n) is 3.92. The van der Waals surface area contributed by atoms with Crippen molar-refractivity contribution in [2.24, 2.45) is 5.84 Å². The van der Waals surface area contributed by atoms with Crippen LogP contribution in [0, 0.1) is 0 Å². The normalized spacial score (nSPS) is 11.7. The number of hydrogen-bond donors (Lipinski definition) is 2. The Bertz CT molecular complexity index is 623. The van der Waals surface area contributed by atoms with Crippen molar-refractivity contribution in [2.75, 3.05) is 12.5 Å². The Morgan fingerprint density at radius 2 is 2.21 bits per heavy atom. The lowest BCUT2D eigenvalue weighted by atomic mass is 10.3. The molecule has 0 saturated heterocycles. The van der Waals surface area contributed by atoms with Crippen LogP contribution in [0.1, 0.15) is 5.56 Å². The van der Waals surface area contributed by atoms with Gasteiger partial charge in [-0.25, -0.2) is 19.2 Å². The van der Waals surface area contributed by atoms with E-state index in [1.807, 2.05) is 16.8 Å². The van der Waals surface area contributed by atoms with E-state index >= 15 is 0 Å². The largest absolute Gasteiger partial charge is 0.308 e. The minimum atomic E-state index is -3.53. The Hall–Kier alpha value is -1.48. The van der Waals surface area contributed by atoms with Gasteiger partial charge in [-0.05, 0) is 34.5 Å². The third kappa shape index (κ3) is 3.10. The molecule has 0 fully saturated rings. The third-order valence-corrected chi connectivity index (χ3v) is 5.10.